The minimum atomic E-state index is -0.789. The minimum Gasteiger partial charge on any atom is -0.384 e. The van der Waals surface area contributed by atoms with Gasteiger partial charge in [0, 0.05) is 24.8 Å². The molecule has 0 unspecified atom stereocenters. The molecule has 0 fully saturated rings. The molecule has 26 heavy (non-hydrogen) atoms. The van der Waals surface area contributed by atoms with Crippen LogP contribution in [0.25, 0.3) is 0 Å². The van der Waals surface area contributed by atoms with Gasteiger partial charge in [-0.25, -0.2) is 0 Å². The molecule has 1 N–H and O–H groups in total. The quantitative estimate of drug-likeness (QED) is 0.838. The monoisotopic (exact) mass is 356 g/mol. The molecule has 1 aliphatic rings. The summed E-state index contributed by atoms with van der Waals surface area (Å²) in [7, 11) is 1.97. The maximum atomic E-state index is 11.5. The van der Waals surface area contributed by atoms with Gasteiger partial charge in [0.2, 0.25) is 0 Å². The van der Waals surface area contributed by atoms with Gasteiger partial charge in [0.05, 0.1) is 17.6 Å². The van der Waals surface area contributed by atoms with Gasteiger partial charge in [-0.1, -0.05) is 26.7 Å². The van der Waals surface area contributed by atoms with E-state index in [1.165, 1.54) is 11.1 Å². The highest BCUT2D eigenvalue weighted by molar-refractivity contribution is 5.67. The van der Waals surface area contributed by atoms with Crippen molar-refractivity contribution in [3.8, 4) is 0 Å². The lowest BCUT2D eigenvalue weighted by Gasteiger charge is -2.32. The molecule has 0 spiro atoms. The molecule has 3 heterocycles. The molecule has 3 rings (SSSR count). The lowest BCUT2D eigenvalue weighted by molar-refractivity contribution is 0.00829. The van der Waals surface area contributed by atoms with Gasteiger partial charge in [0.1, 0.15) is 5.60 Å². The smallest absolute Gasteiger partial charge is 0.158 e. The highest BCUT2D eigenvalue weighted by Crippen LogP contribution is 2.41. The van der Waals surface area contributed by atoms with E-state index in [-0.39, 0.29) is 0 Å². The molecule has 142 valence electrons. The summed E-state index contributed by atoms with van der Waals surface area (Å²) in [5.74, 6) is 0.994. The Morgan fingerprint density at radius 1 is 1.19 bits per heavy atom. The molecule has 0 aliphatic carbocycles. The maximum Gasteiger partial charge on any atom is 0.158 e. The molecule has 0 aromatic carbocycles. The van der Waals surface area contributed by atoms with Crippen molar-refractivity contribution >= 4 is 11.5 Å². The normalized spacial score (nSPS) is 14.6. The molecule has 0 amide bonds. The summed E-state index contributed by atoms with van der Waals surface area (Å²) < 4.78 is 1.92. The third kappa shape index (κ3) is 3.25. The Hall–Kier alpha value is -1.88. The third-order valence-electron chi connectivity index (χ3n) is 5.47. The SMILES string of the molecule is CCCC(O)(CCC)c1c2c(nn1C)N(c1cnc(C)cc1C)CCC2. The van der Waals surface area contributed by atoms with Crippen LogP contribution in [0.5, 0.6) is 0 Å². The highest BCUT2D eigenvalue weighted by atomic mass is 16.3. The van der Waals surface area contributed by atoms with Gasteiger partial charge in [-0.2, -0.15) is 5.10 Å². The fourth-order valence-electron chi connectivity index (χ4n) is 4.50. The van der Waals surface area contributed by atoms with Gasteiger partial charge >= 0.3 is 0 Å². The van der Waals surface area contributed by atoms with Crippen molar-refractivity contribution < 1.29 is 5.11 Å². The number of aliphatic hydroxyl groups is 1. The molecule has 5 nitrogen and oxygen atoms in total. The van der Waals surface area contributed by atoms with Crippen molar-refractivity contribution in [1.29, 1.82) is 0 Å². The van der Waals surface area contributed by atoms with E-state index in [4.69, 9.17) is 5.10 Å². The molecule has 0 saturated carbocycles. The number of aryl methyl sites for hydroxylation is 3. The van der Waals surface area contributed by atoms with Crippen LogP contribution in [-0.4, -0.2) is 26.4 Å². The van der Waals surface area contributed by atoms with Crippen LogP contribution in [0.15, 0.2) is 12.3 Å². The number of anilines is 2. The zero-order chi connectivity index (χ0) is 18.9. The first-order valence-corrected chi connectivity index (χ1v) is 9.90. The summed E-state index contributed by atoms with van der Waals surface area (Å²) in [5, 5.41) is 16.3. The molecular formula is C21H32N4O. The second-order valence-electron chi connectivity index (χ2n) is 7.67. The molecule has 0 saturated heterocycles. The number of aromatic nitrogens is 3. The number of hydrogen-bond acceptors (Lipinski definition) is 4. The Morgan fingerprint density at radius 2 is 1.88 bits per heavy atom. The number of nitrogens with zero attached hydrogens (tertiary/aromatic N) is 4. The van der Waals surface area contributed by atoms with E-state index in [1.54, 1.807) is 0 Å². The number of pyridine rings is 1. The van der Waals surface area contributed by atoms with E-state index >= 15 is 0 Å². The van der Waals surface area contributed by atoms with Crippen LogP contribution < -0.4 is 4.90 Å². The number of fused-ring (bicyclic) bond motifs is 1. The Bertz CT molecular complexity index is 775. The fourth-order valence-corrected chi connectivity index (χ4v) is 4.50. The topological polar surface area (TPSA) is 54.2 Å². The summed E-state index contributed by atoms with van der Waals surface area (Å²) in [6.07, 6.45) is 7.47. The van der Waals surface area contributed by atoms with E-state index in [1.807, 2.05) is 24.9 Å². The van der Waals surface area contributed by atoms with Crippen LogP contribution in [0, 0.1) is 13.8 Å². The van der Waals surface area contributed by atoms with Crippen molar-refractivity contribution in [3.63, 3.8) is 0 Å². The van der Waals surface area contributed by atoms with Crippen LogP contribution in [0.4, 0.5) is 11.5 Å². The van der Waals surface area contributed by atoms with Crippen molar-refractivity contribution in [2.24, 2.45) is 7.05 Å². The van der Waals surface area contributed by atoms with Crippen molar-refractivity contribution in [3.05, 3.63) is 34.8 Å². The molecule has 0 atom stereocenters. The predicted molar refractivity (Wildman–Crippen MR) is 106 cm³/mol. The standard InChI is InChI=1S/C21H32N4O/c1-6-10-21(26,11-7-2)19-17-9-8-12-25(20(17)23-24(19)5)18-14-22-16(4)13-15(18)3/h13-14,26H,6-12H2,1-5H3. The van der Waals surface area contributed by atoms with Crippen LogP contribution >= 0.6 is 0 Å². The highest BCUT2D eigenvalue weighted by Gasteiger charge is 2.37. The number of hydrogen-bond donors (Lipinski definition) is 1. The Labute approximate surface area is 157 Å². The molecule has 2 aromatic rings. The van der Waals surface area contributed by atoms with Crippen LogP contribution in [0.1, 0.15) is 68.5 Å². The van der Waals surface area contributed by atoms with E-state index in [0.717, 1.165) is 68.0 Å². The van der Waals surface area contributed by atoms with Gasteiger partial charge in [-0.3, -0.25) is 9.67 Å². The van der Waals surface area contributed by atoms with Gasteiger partial charge in [0.15, 0.2) is 5.82 Å². The van der Waals surface area contributed by atoms with Crippen molar-refractivity contribution in [2.75, 3.05) is 11.4 Å². The van der Waals surface area contributed by atoms with Gasteiger partial charge in [-0.05, 0) is 51.2 Å². The zero-order valence-corrected chi connectivity index (χ0v) is 16.8. The molecule has 1 aliphatic heterocycles. The zero-order valence-electron chi connectivity index (χ0n) is 16.8. The largest absolute Gasteiger partial charge is 0.384 e. The average Bonchev–Trinajstić information content (AvgIpc) is 2.92. The lowest BCUT2D eigenvalue weighted by atomic mass is 9.85. The van der Waals surface area contributed by atoms with E-state index in [9.17, 15) is 5.11 Å². The summed E-state index contributed by atoms with van der Waals surface area (Å²) >= 11 is 0. The summed E-state index contributed by atoms with van der Waals surface area (Å²) in [4.78, 5) is 6.78. The minimum absolute atomic E-state index is 0.776. The van der Waals surface area contributed by atoms with E-state index in [0.29, 0.717) is 0 Å². The second kappa shape index (κ2) is 7.39. The Kier molecular flexibility index (Phi) is 5.37. The van der Waals surface area contributed by atoms with Crippen LogP contribution in [0.2, 0.25) is 0 Å². The third-order valence-corrected chi connectivity index (χ3v) is 5.47. The van der Waals surface area contributed by atoms with Gasteiger partial charge in [-0.15, -0.1) is 0 Å². The van der Waals surface area contributed by atoms with Crippen LogP contribution in [-0.2, 0) is 19.1 Å². The van der Waals surface area contributed by atoms with Crippen molar-refractivity contribution in [1.82, 2.24) is 14.8 Å². The summed E-state index contributed by atoms with van der Waals surface area (Å²) in [5.41, 5.74) is 4.81. The Morgan fingerprint density at radius 3 is 2.50 bits per heavy atom. The fraction of sp³-hybridized carbons (Fsp3) is 0.619. The second-order valence-corrected chi connectivity index (χ2v) is 7.67. The molecule has 0 bridgehead atoms. The molecule has 5 heteroatoms. The predicted octanol–water partition coefficient (Wildman–Crippen LogP) is 4.30. The summed E-state index contributed by atoms with van der Waals surface area (Å²) in [6.45, 7) is 9.36. The van der Waals surface area contributed by atoms with Crippen molar-refractivity contribution in [2.45, 2.75) is 71.8 Å². The van der Waals surface area contributed by atoms with Gasteiger partial charge in [0.25, 0.3) is 0 Å². The van der Waals surface area contributed by atoms with E-state index < -0.39 is 5.60 Å². The summed E-state index contributed by atoms with van der Waals surface area (Å²) in [6, 6.07) is 2.12. The number of rotatable bonds is 6. The Balaban J connectivity index is 2.10. The lowest BCUT2D eigenvalue weighted by Crippen LogP contribution is -2.31. The van der Waals surface area contributed by atoms with Crippen LogP contribution in [0.3, 0.4) is 0 Å². The molecule has 2 aromatic heterocycles. The first-order valence-electron chi connectivity index (χ1n) is 9.90. The maximum absolute atomic E-state index is 11.5. The molecular weight excluding hydrogens is 324 g/mol. The average molecular weight is 357 g/mol. The first kappa shape index (κ1) is 18.9. The van der Waals surface area contributed by atoms with E-state index in [2.05, 4.69) is 36.7 Å². The van der Waals surface area contributed by atoms with Gasteiger partial charge < -0.3 is 10.0 Å². The molecule has 0 radical (unpaired) electrons. The first-order chi connectivity index (χ1) is 12.4.